The summed E-state index contributed by atoms with van der Waals surface area (Å²) in [4.78, 5) is 0.243. The highest BCUT2D eigenvalue weighted by molar-refractivity contribution is 7.89. The van der Waals surface area contributed by atoms with Gasteiger partial charge >= 0.3 is 0 Å². The number of aromatic nitrogens is 2. The van der Waals surface area contributed by atoms with Crippen molar-refractivity contribution in [3.8, 4) is 0 Å². The van der Waals surface area contributed by atoms with Gasteiger partial charge in [-0.2, -0.15) is 9.40 Å². The van der Waals surface area contributed by atoms with Gasteiger partial charge in [-0.3, -0.25) is 4.68 Å². The number of nitrogens with two attached hydrogens (primary N) is 1. The van der Waals surface area contributed by atoms with Crippen LogP contribution in [0.4, 0.5) is 0 Å². The van der Waals surface area contributed by atoms with Gasteiger partial charge in [0.2, 0.25) is 10.0 Å². The molecule has 1 aromatic rings. The molecule has 20 heavy (non-hydrogen) atoms. The van der Waals surface area contributed by atoms with E-state index in [9.17, 15) is 8.42 Å². The number of rotatable bonds is 8. The van der Waals surface area contributed by atoms with E-state index in [1.165, 1.54) is 6.20 Å². The van der Waals surface area contributed by atoms with E-state index in [0.717, 1.165) is 0 Å². The molecule has 1 heterocycles. The van der Waals surface area contributed by atoms with Crippen LogP contribution in [0.25, 0.3) is 0 Å². The second-order valence-electron chi connectivity index (χ2n) is 5.84. The Labute approximate surface area is 122 Å². The molecule has 0 radical (unpaired) electrons. The predicted octanol–water partition coefficient (Wildman–Crippen LogP) is 1.14. The van der Waals surface area contributed by atoms with Crippen molar-refractivity contribution >= 4 is 10.0 Å². The van der Waals surface area contributed by atoms with E-state index in [0.29, 0.717) is 26.2 Å². The Morgan fingerprint density at radius 2 is 1.80 bits per heavy atom. The Kier molecular flexibility index (Phi) is 6.16. The average Bonchev–Trinajstić information content (AvgIpc) is 2.76. The molecule has 0 unspecified atom stereocenters. The molecule has 0 spiro atoms. The molecular formula is C13H26N4O2S. The van der Waals surface area contributed by atoms with Gasteiger partial charge in [0.1, 0.15) is 4.90 Å². The van der Waals surface area contributed by atoms with Gasteiger partial charge in [0.25, 0.3) is 0 Å². The van der Waals surface area contributed by atoms with Crippen molar-refractivity contribution in [2.45, 2.75) is 39.1 Å². The topological polar surface area (TPSA) is 81.2 Å². The number of nitrogens with zero attached hydrogens (tertiary/aromatic N) is 3. The zero-order chi connectivity index (χ0) is 15.3. The molecule has 0 bridgehead atoms. The van der Waals surface area contributed by atoms with Crippen molar-refractivity contribution in [2.75, 3.05) is 19.6 Å². The third-order valence-corrected chi connectivity index (χ3v) is 4.53. The molecular weight excluding hydrogens is 276 g/mol. The highest BCUT2D eigenvalue weighted by Gasteiger charge is 2.27. The fourth-order valence-corrected chi connectivity index (χ4v) is 3.69. The van der Waals surface area contributed by atoms with Gasteiger partial charge in [-0.25, -0.2) is 8.42 Å². The zero-order valence-corrected chi connectivity index (χ0v) is 13.6. The normalized spacial score (nSPS) is 12.8. The number of hydrogen-bond donors (Lipinski definition) is 1. The molecule has 7 heteroatoms. The van der Waals surface area contributed by atoms with Crippen molar-refractivity contribution in [1.29, 1.82) is 0 Å². The zero-order valence-electron chi connectivity index (χ0n) is 12.8. The first-order valence-corrected chi connectivity index (χ1v) is 8.44. The Bertz CT molecular complexity index is 498. The van der Waals surface area contributed by atoms with Crippen molar-refractivity contribution in [3.63, 3.8) is 0 Å². The first-order valence-electron chi connectivity index (χ1n) is 7.00. The summed E-state index contributed by atoms with van der Waals surface area (Å²) in [6.07, 6.45) is 2.95. The van der Waals surface area contributed by atoms with Crippen LogP contribution in [0, 0.1) is 11.8 Å². The predicted molar refractivity (Wildman–Crippen MR) is 79.7 cm³/mol. The van der Waals surface area contributed by atoms with Crippen LogP contribution in [0.3, 0.4) is 0 Å². The van der Waals surface area contributed by atoms with Crippen LogP contribution in [-0.4, -0.2) is 42.1 Å². The maximum atomic E-state index is 12.7. The standard InChI is InChI=1S/C13H26N4O2S/c1-11(2)8-17(9-12(3)4)20(18,19)13-7-15-16(10-13)6-5-14/h7,10-12H,5-6,8-9,14H2,1-4H3. The minimum absolute atomic E-state index is 0.243. The van der Waals surface area contributed by atoms with Crippen LogP contribution in [0.1, 0.15) is 27.7 Å². The van der Waals surface area contributed by atoms with E-state index >= 15 is 0 Å². The molecule has 0 atom stereocenters. The molecule has 0 amide bonds. The molecule has 116 valence electrons. The largest absolute Gasteiger partial charge is 0.329 e. The Balaban J connectivity index is 3.01. The molecule has 1 aromatic heterocycles. The van der Waals surface area contributed by atoms with Crippen molar-refractivity contribution < 1.29 is 8.42 Å². The summed E-state index contributed by atoms with van der Waals surface area (Å²) >= 11 is 0. The first kappa shape index (κ1) is 17.1. The van der Waals surface area contributed by atoms with Crippen LogP contribution < -0.4 is 5.73 Å². The number of sulfonamides is 1. The lowest BCUT2D eigenvalue weighted by molar-refractivity contribution is 0.333. The van der Waals surface area contributed by atoms with Crippen LogP contribution in [0.5, 0.6) is 0 Å². The summed E-state index contributed by atoms with van der Waals surface area (Å²) in [6, 6.07) is 0. The highest BCUT2D eigenvalue weighted by Crippen LogP contribution is 2.18. The summed E-state index contributed by atoms with van der Waals surface area (Å²) in [5.74, 6) is 0.560. The van der Waals surface area contributed by atoms with Gasteiger partial charge in [0, 0.05) is 25.8 Å². The van der Waals surface area contributed by atoms with E-state index in [1.54, 1.807) is 15.2 Å². The van der Waals surface area contributed by atoms with Crippen molar-refractivity contribution in [3.05, 3.63) is 12.4 Å². The van der Waals surface area contributed by atoms with E-state index in [-0.39, 0.29) is 16.7 Å². The first-order chi connectivity index (χ1) is 9.27. The summed E-state index contributed by atoms with van der Waals surface area (Å²) < 4.78 is 28.4. The molecule has 0 aliphatic carbocycles. The highest BCUT2D eigenvalue weighted by atomic mass is 32.2. The summed E-state index contributed by atoms with van der Waals surface area (Å²) in [5, 5.41) is 4.04. The molecule has 0 saturated heterocycles. The van der Waals surface area contributed by atoms with E-state index < -0.39 is 10.0 Å². The van der Waals surface area contributed by atoms with Gasteiger partial charge in [-0.05, 0) is 11.8 Å². The van der Waals surface area contributed by atoms with Gasteiger partial charge in [-0.15, -0.1) is 0 Å². The Morgan fingerprint density at radius 1 is 1.25 bits per heavy atom. The molecule has 0 aliphatic heterocycles. The maximum Gasteiger partial charge on any atom is 0.246 e. The molecule has 0 aliphatic rings. The van der Waals surface area contributed by atoms with E-state index in [4.69, 9.17) is 5.73 Å². The minimum atomic E-state index is -3.48. The van der Waals surface area contributed by atoms with Gasteiger partial charge in [0.15, 0.2) is 0 Å². The average molecular weight is 302 g/mol. The van der Waals surface area contributed by atoms with Gasteiger partial charge < -0.3 is 5.73 Å². The Morgan fingerprint density at radius 3 is 2.25 bits per heavy atom. The third kappa shape index (κ3) is 4.57. The lowest BCUT2D eigenvalue weighted by atomic mass is 10.2. The Hall–Kier alpha value is -0.920. The smallest absolute Gasteiger partial charge is 0.246 e. The second kappa shape index (κ2) is 7.19. The van der Waals surface area contributed by atoms with E-state index in [2.05, 4.69) is 5.10 Å². The minimum Gasteiger partial charge on any atom is -0.329 e. The molecule has 0 saturated carbocycles. The molecule has 0 aromatic carbocycles. The summed E-state index contributed by atoms with van der Waals surface area (Å²) in [5.41, 5.74) is 5.45. The van der Waals surface area contributed by atoms with Crippen LogP contribution in [0.2, 0.25) is 0 Å². The lowest BCUT2D eigenvalue weighted by Crippen LogP contribution is -2.36. The van der Waals surface area contributed by atoms with Gasteiger partial charge in [-0.1, -0.05) is 27.7 Å². The SMILES string of the molecule is CC(C)CN(CC(C)C)S(=O)(=O)c1cnn(CCN)c1. The summed E-state index contributed by atoms with van der Waals surface area (Å²) in [6.45, 7) is 10.0. The maximum absolute atomic E-state index is 12.7. The van der Waals surface area contributed by atoms with Crippen LogP contribution in [-0.2, 0) is 16.6 Å². The third-order valence-electron chi connectivity index (χ3n) is 2.74. The monoisotopic (exact) mass is 302 g/mol. The summed E-state index contributed by atoms with van der Waals surface area (Å²) in [7, 11) is -3.48. The van der Waals surface area contributed by atoms with Crippen molar-refractivity contribution in [1.82, 2.24) is 14.1 Å². The molecule has 2 N–H and O–H groups in total. The fraction of sp³-hybridized carbons (Fsp3) is 0.769. The van der Waals surface area contributed by atoms with Crippen LogP contribution >= 0.6 is 0 Å². The molecule has 1 rings (SSSR count). The van der Waals surface area contributed by atoms with Gasteiger partial charge in [0.05, 0.1) is 12.7 Å². The fourth-order valence-electron chi connectivity index (χ4n) is 1.97. The van der Waals surface area contributed by atoms with Crippen LogP contribution in [0.15, 0.2) is 17.3 Å². The second-order valence-corrected chi connectivity index (χ2v) is 7.78. The van der Waals surface area contributed by atoms with Crippen molar-refractivity contribution in [2.24, 2.45) is 17.6 Å². The lowest BCUT2D eigenvalue weighted by Gasteiger charge is -2.24. The van der Waals surface area contributed by atoms with E-state index in [1.807, 2.05) is 27.7 Å². The quantitative estimate of drug-likeness (QED) is 0.781. The molecule has 0 fully saturated rings. The number of hydrogen-bond acceptors (Lipinski definition) is 4. The molecule has 6 nitrogen and oxygen atoms in total.